The van der Waals surface area contributed by atoms with Gasteiger partial charge in [-0.3, -0.25) is 0 Å². The largest absolute Gasteiger partial charge is 0.388 e. The zero-order valence-electron chi connectivity index (χ0n) is 20.1. The van der Waals surface area contributed by atoms with Gasteiger partial charge in [0.25, 0.3) is 0 Å². The van der Waals surface area contributed by atoms with Crippen LogP contribution >= 0.6 is 0 Å². The molecule has 1 aliphatic heterocycles. The van der Waals surface area contributed by atoms with Crippen molar-refractivity contribution in [3.05, 3.63) is 12.2 Å². The van der Waals surface area contributed by atoms with Gasteiger partial charge in [-0.2, -0.15) is 0 Å². The molecule has 1 rings (SSSR count). The molecule has 0 radical (unpaired) electrons. The normalized spacial score (nSPS) is 22.5. The van der Waals surface area contributed by atoms with E-state index < -0.39 is 24.4 Å². The van der Waals surface area contributed by atoms with Gasteiger partial charge in [-0.1, -0.05) is 109 Å². The molecular weight excluding hydrogens is 392 g/mol. The summed E-state index contributed by atoms with van der Waals surface area (Å²) in [5.41, 5.74) is 0. The molecule has 0 aromatic carbocycles. The summed E-state index contributed by atoms with van der Waals surface area (Å²) in [4.78, 5) is 0. The van der Waals surface area contributed by atoms with E-state index in [4.69, 9.17) is 9.47 Å². The lowest BCUT2D eigenvalue weighted by molar-refractivity contribution is -0.0782. The second-order valence-corrected chi connectivity index (χ2v) is 9.17. The highest BCUT2D eigenvalue weighted by Gasteiger charge is 2.39. The lowest BCUT2D eigenvalue weighted by Gasteiger charge is -2.20. The van der Waals surface area contributed by atoms with Gasteiger partial charge in [-0.05, 0) is 12.8 Å². The highest BCUT2D eigenvalue weighted by Crippen LogP contribution is 2.18. The van der Waals surface area contributed by atoms with E-state index in [1.54, 1.807) is 0 Å². The van der Waals surface area contributed by atoms with Crippen LogP contribution in [-0.4, -0.2) is 59.6 Å². The van der Waals surface area contributed by atoms with Crippen molar-refractivity contribution in [2.24, 2.45) is 0 Å². The summed E-state index contributed by atoms with van der Waals surface area (Å²) in [5, 5.41) is 29.1. The van der Waals surface area contributed by atoms with Crippen LogP contribution in [0.1, 0.15) is 110 Å². The molecule has 0 amide bonds. The third kappa shape index (κ3) is 15.1. The minimum atomic E-state index is -1.04. The van der Waals surface area contributed by atoms with Crippen molar-refractivity contribution in [1.29, 1.82) is 0 Å². The van der Waals surface area contributed by atoms with Gasteiger partial charge >= 0.3 is 0 Å². The Kier molecular flexibility index (Phi) is 18.6. The van der Waals surface area contributed by atoms with E-state index in [1.165, 1.54) is 96.3 Å². The number of rotatable bonds is 21. The number of hydrogen-bond acceptors (Lipinski definition) is 5. The Morgan fingerprint density at radius 3 is 1.81 bits per heavy atom. The van der Waals surface area contributed by atoms with Gasteiger partial charge in [0.1, 0.15) is 24.4 Å². The molecular formula is C26H50O5. The van der Waals surface area contributed by atoms with Crippen LogP contribution in [0.4, 0.5) is 0 Å². The van der Waals surface area contributed by atoms with Crippen molar-refractivity contribution in [1.82, 2.24) is 0 Å². The Bertz CT molecular complexity index is 415. The summed E-state index contributed by atoms with van der Waals surface area (Å²) in [7, 11) is 0. The Morgan fingerprint density at radius 1 is 0.806 bits per heavy atom. The summed E-state index contributed by atoms with van der Waals surface area (Å²) in [6.45, 7) is 2.88. The third-order valence-electron chi connectivity index (χ3n) is 6.21. The van der Waals surface area contributed by atoms with Crippen LogP contribution in [0.2, 0.25) is 0 Å². The molecule has 0 aromatic heterocycles. The first-order valence-corrected chi connectivity index (χ1v) is 13.0. The van der Waals surface area contributed by atoms with Gasteiger partial charge in [0, 0.05) is 0 Å². The smallest absolute Gasteiger partial charge is 0.114 e. The first-order chi connectivity index (χ1) is 15.2. The van der Waals surface area contributed by atoms with Crippen molar-refractivity contribution in [3.8, 4) is 0 Å². The van der Waals surface area contributed by atoms with E-state index in [-0.39, 0.29) is 13.2 Å². The molecule has 0 unspecified atom stereocenters. The van der Waals surface area contributed by atoms with E-state index in [0.29, 0.717) is 6.61 Å². The fourth-order valence-corrected chi connectivity index (χ4v) is 4.14. The monoisotopic (exact) mass is 442 g/mol. The summed E-state index contributed by atoms with van der Waals surface area (Å²) in [6, 6.07) is 0. The average molecular weight is 443 g/mol. The van der Waals surface area contributed by atoms with E-state index in [9.17, 15) is 15.3 Å². The number of allylic oxidation sites excluding steroid dienone is 1. The number of unbranched alkanes of at least 4 members (excludes halogenated alkanes) is 15. The van der Waals surface area contributed by atoms with Gasteiger partial charge in [-0.15, -0.1) is 0 Å². The molecule has 4 atom stereocenters. The maximum Gasteiger partial charge on any atom is 0.114 e. The van der Waals surface area contributed by atoms with Crippen molar-refractivity contribution in [3.63, 3.8) is 0 Å². The predicted molar refractivity (Wildman–Crippen MR) is 127 cm³/mol. The maximum atomic E-state index is 9.94. The molecule has 1 aliphatic rings. The highest BCUT2D eigenvalue weighted by molar-refractivity contribution is 4.88. The molecule has 0 aromatic rings. The highest BCUT2D eigenvalue weighted by atomic mass is 16.5. The Labute approximate surface area is 191 Å². The molecule has 31 heavy (non-hydrogen) atoms. The van der Waals surface area contributed by atoms with Crippen LogP contribution < -0.4 is 0 Å². The van der Waals surface area contributed by atoms with E-state index >= 15 is 0 Å². The van der Waals surface area contributed by atoms with Crippen LogP contribution in [0.5, 0.6) is 0 Å². The van der Waals surface area contributed by atoms with E-state index in [1.807, 2.05) is 6.08 Å². The first-order valence-electron chi connectivity index (χ1n) is 13.0. The van der Waals surface area contributed by atoms with E-state index in [2.05, 4.69) is 13.0 Å². The molecule has 1 heterocycles. The minimum Gasteiger partial charge on any atom is -0.388 e. The quantitative estimate of drug-likeness (QED) is 0.166. The molecule has 5 nitrogen and oxygen atoms in total. The zero-order chi connectivity index (χ0) is 22.6. The van der Waals surface area contributed by atoms with Crippen LogP contribution in [0, 0.1) is 0 Å². The summed E-state index contributed by atoms with van der Waals surface area (Å²) in [6.07, 6.45) is 22.3. The van der Waals surface area contributed by atoms with Gasteiger partial charge in [0.2, 0.25) is 0 Å². The Morgan fingerprint density at radius 2 is 1.32 bits per heavy atom. The van der Waals surface area contributed by atoms with Gasteiger partial charge in [-0.25, -0.2) is 0 Å². The Hall–Kier alpha value is -0.460. The Balaban J connectivity index is 1.77. The fraction of sp³-hybridized carbons (Fsp3) is 0.923. The second kappa shape index (κ2) is 20.2. The van der Waals surface area contributed by atoms with Crippen LogP contribution in [0.25, 0.3) is 0 Å². The van der Waals surface area contributed by atoms with Crippen molar-refractivity contribution in [2.75, 3.05) is 19.8 Å². The van der Waals surface area contributed by atoms with Crippen LogP contribution in [0.3, 0.4) is 0 Å². The standard InChI is InChI=1S/C26H50O5/c1-2-3-4-5-6-7-8-9-10-11-12-13-14-15-16-17-18-19-20-30-21-24(28)26-25(29)23(27)22-31-26/h18-19,23-29H,2-17,20-22H2,1H3/b19-18+/t23-,24+,25+,26+/m0/s1. The first kappa shape index (κ1) is 28.6. The molecule has 0 spiro atoms. The van der Waals surface area contributed by atoms with E-state index in [0.717, 1.165) is 6.42 Å². The maximum absolute atomic E-state index is 9.94. The summed E-state index contributed by atoms with van der Waals surface area (Å²) < 4.78 is 10.6. The molecule has 1 saturated heterocycles. The molecule has 0 bridgehead atoms. The molecule has 0 saturated carbocycles. The lowest BCUT2D eigenvalue weighted by Crippen LogP contribution is -2.40. The molecule has 3 N–H and O–H groups in total. The second-order valence-electron chi connectivity index (χ2n) is 9.17. The number of aliphatic hydroxyl groups is 3. The zero-order valence-corrected chi connectivity index (χ0v) is 20.1. The summed E-state index contributed by atoms with van der Waals surface area (Å²) >= 11 is 0. The van der Waals surface area contributed by atoms with Gasteiger partial charge < -0.3 is 24.8 Å². The molecule has 1 fully saturated rings. The van der Waals surface area contributed by atoms with Crippen LogP contribution in [0.15, 0.2) is 12.2 Å². The predicted octanol–water partition coefficient (Wildman–Crippen LogP) is 5.30. The lowest BCUT2D eigenvalue weighted by atomic mass is 10.0. The van der Waals surface area contributed by atoms with Crippen LogP contribution in [-0.2, 0) is 9.47 Å². The summed E-state index contributed by atoms with van der Waals surface area (Å²) in [5.74, 6) is 0. The fourth-order valence-electron chi connectivity index (χ4n) is 4.14. The van der Waals surface area contributed by atoms with Crippen molar-refractivity contribution >= 4 is 0 Å². The molecule has 184 valence electrons. The topological polar surface area (TPSA) is 79.2 Å². The molecule has 0 aliphatic carbocycles. The van der Waals surface area contributed by atoms with Gasteiger partial charge in [0.15, 0.2) is 0 Å². The molecule has 5 heteroatoms. The minimum absolute atomic E-state index is 0.0576. The number of ether oxygens (including phenoxy) is 2. The average Bonchev–Trinajstić information content (AvgIpc) is 3.10. The SMILES string of the molecule is CCCCCCCCCCCCCCCCC/C=C/COC[C@@H](O)[C@H]1OC[C@H](O)[C@H]1O. The third-order valence-corrected chi connectivity index (χ3v) is 6.21. The number of hydrogen-bond donors (Lipinski definition) is 3. The van der Waals surface area contributed by atoms with Gasteiger partial charge in [0.05, 0.1) is 19.8 Å². The van der Waals surface area contributed by atoms with Crippen molar-refractivity contribution < 1.29 is 24.8 Å². The number of aliphatic hydroxyl groups excluding tert-OH is 3. The van der Waals surface area contributed by atoms with Crippen molar-refractivity contribution in [2.45, 2.75) is 134 Å².